The van der Waals surface area contributed by atoms with Gasteiger partial charge in [-0.3, -0.25) is 4.79 Å². The minimum absolute atomic E-state index is 0.0343. The minimum atomic E-state index is -0.218. The molecule has 1 heterocycles. The molecule has 0 bridgehead atoms. The van der Waals surface area contributed by atoms with Gasteiger partial charge < -0.3 is 11.1 Å². The lowest BCUT2D eigenvalue weighted by atomic mass is 9.87. The fourth-order valence-corrected chi connectivity index (χ4v) is 2.65. The highest BCUT2D eigenvalue weighted by Gasteiger charge is 2.22. The summed E-state index contributed by atoms with van der Waals surface area (Å²) in [6, 6.07) is 8.26. The van der Waals surface area contributed by atoms with Crippen LogP contribution in [0.25, 0.3) is 0 Å². The fraction of sp³-hybridized carbons (Fsp3) is 0.267. The number of aromatic nitrogens is 2. The number of fused-ring (bicyclic) bond motifs is 1. The number of hydrogen-bond donors (Lipinski definition) is 2. The summed E-state index contributed by atoms with van der Waals surface area (Å²) in [5.74, 6) is -0.00797. The normalized spacial score (nSPS) is 17.3. The first-order valence-corrected chi connectivity index (χ1v) is 6.70. The predicted octanol–water partition coefficient (Wildman–Crippen LogP) is 1.87. The van der Waals surface area contributed by atoms with E-state index >= 15 is 0 Å². The number of nitrogen functional groups attached to an aromatic ring is 1. The highest BCUT2D eigenvalue weighted by atomic mass is 16.1. The van der Waals surface area contributed by atoms with Crippen LogP contribution in [0.3, 0.4) is 0 Å². The van der Waals surface area contributed by atoms with Gasteiger partial charge in [0.05, 0.1) is 11.6 Å². The van der Waals surface area contributed by atoms with Crippen LogP contribution in [0, 0.1) is 0 Å². The summed E-state index contributed by atoms with van der Waals surface area (Å²) in [4.78, 5) is 20.0. The molecule has 0 radical (unpaired) electrons. The molecule has 1 amide bonds. The molecule has 0 spiro atoms. The van der Waals surface area contributed by atoms with Crippen molar-refractivity contribution < 1.29 is 4.79 Å². The maximum atomic E-state index is 12.3. The topological polar surface area (TPSA) is 80.9 Å². The highest BCUT2D eigenvalue weighted by Crippen LogP contribution is 2.29. The lowest BCUT2D eigenvalue weighted by molar-refractivity contribution is 0.0933. The number of nitrogens with one attached hydrogen (secondary N) is 1. The Morgan fingerprint density at radius 2 is 2.20 bits per heavy atom. The van der Waals surface area contributed by atoms with Crippen molar-refractivity contribution in [1.82, 2.24) is 15.3 Å². The summed E-state index contributed by atoms with van der Waals surface area (Å²) in [5.41, 5.74) is 8.54. The van der Waals surface area contributed by atoms with Gasteiger partial charge in [-0.15, -0.1) is 0 Å². The number of amides is 1. The molecule has 1 aliphatic rings. The van der Waals surface area contributed by atoms with E-state index in [0.717, 1.165) is 19.3 Å². The number of carbonyl (C=O) groups is 1. The number of carbonyl (C=O) groups excluding carboxylic acids is 1. The number of rotatable bonds is 2. The monoisotopic (exact) mass is 268 g/mol. The van der Waals surface area contributed by atoms with E-state index in [-0.39, 0.29) is 17.8 Å². The Balaban J connectivity index is 1.83. The van der Waals surface area contributed by atoms with Crippen molar-refractivity contribution in [3.8, 4) is 0 Å². The van der Waals surface area contributed by atoms with Crippen molar-refractivity contribution in [3.63, 3.8) is 0 Å². The van der Waals surface area contributed by atoms with Crippen molar-refractivity contribution in [1.29, 1.82) is 0 Å². The van der Waals surface area contributed by atoms with E-state index in [0.29, 0.717) is 5.56 Å². The molecule has 0 aliphatic heterocycles. The average molecular weight is 268 g/mol. The van der Waals surface area contributed by atoms with Gasteiger partial charge in [0.25, 0.3) is 5.91 Å². The van der Waals surface area contributed by atoms with Crippen LogP contribution in [0.5, 0.6) is 0 Å². The minimum Gasteiger partial charge on any atom is -0.383 e. The van der Waals surface area contributed by atoms with E-state index in [1.54, 1.807) is 0 Å². The zero-order valence-electron chi connectivity index (χ0n) is 11.0. The molecule has 1 atom stereocenters. The van der Waals surface area contributed by atoms with Crippen LogP contribution in [0.2, 0.25) is 0 Å². The van der Waals surface area contributed by atoms with Crippen LogP contribution < -0.4 is 11.1 Å². The third kappa shape index (κ3) is 2.34. The molecule has 5 nitrogen and oxygen atoms in total. The van der Waals surface area contributed by atoms with Gasteiger partial charge in [0.1, 0.15) is 12.1 Å². The third-order valence-corrected chi connectivity index (χ3v) is 3.66. The summed E-state index contributed by atoms with van der Waals surface area (Å²) in [6.07, 6.45) is 5.87. The molecule has 1 aromatic heterocycles. The smallest absolute Gasteiger partial charge is 0.257 e. The van der Waals surface area contributed by atoms with E-state index in [1.165, 1.54) is 23.7 Å². The van der Waals surface area contributed by atoms with Gasteiger partial charge in [0.2, 0.25) is 0 Å². The SMILES string of the molecule is Nc1ncncc1C(=O)NC1CCCc2ccccc21. The first kappa shape index (κ1) is 12.6. The molecular weight excluding hydrogens is 252 g/mol. The van der Waals surface area contributed by atoms with Crippen molar-refractivity contribution in [2.45, 2.75) is 25.3 Å². The van der Waals surface area contributed by atoms with E-state index < -0.39 is 0 Å². The standard InChI is InChI=1S/C15H16N4O/c16-14-12(8-17-9-18-14)15(20)19-13-7-3-5-10-4-1-2-6-11(10)13/h1-2,4,6,8-9,13H,3,5,7H2,(H,19,20)(H2,16,17,18). The van der Waals surface area contributed by atoms with Crippen LogP contribution in [0.1, 0.15) is 40.4 Å². The van der Waals surface area contributed by atoms with Gasteiger partial charge in [-0.2, -0.15) is 0 Å². The molecular formula is C15H16N4O. The van der Waals surface area contributed by atoms with Gasteiger partial charge >= 0.3 is 0 Å². The van der Waals surface area contributed by atoms with Gasteiger partial charge in [-0.1, -0.05) is 24.3 Å². The summed E-state index contributed by atoms with van der Waals surface area (Å²) in [5, 5.41) is 3.03. The predicted molar refractivity (Wildman–Crippen MR) is 76.0 cm³/mol. The Morgan fingerprint density at radius 1 is 1.35 bits per heavy atom. The highest BCUT2D eigenvalue weighted by molar-refractivity contribution is 5.98. The van der Waals surface area contributed by atoms with Crippen molar-refractivity contribution >= 4 is 11.7 Å². The van der Waals surface area contributed by atoms with Gasteiger partial charge in [-0.25, -0.2) is 9.97 Å². The largest absolute Gasteiger partial charge is 0.383 e. The zero-order chi connectivity index (χ0) is 13.9. The maximum absolute atomic E-state index is 12.3. The second kappa shape index (κ2) is 5.28. The second-order valence-corrected chi connectivity index (χ2v) is 4.94. The number of aryl methyl sites for hydroxylation is 1. The molecule has 1 unspecified atom stereocenters. The molecule has 20 heavy (non-hydrogen) atoms. The molecule has 3 rings (SSSR count). The molecule has 1 aliphatic carbocycles. The van der Waals surface area contributed by atoms with Crippen LogP contribution in [-0.2, 0) is 6.42 Å². The van der Waals surface area contributed by atoms with Crippen molar-refractivity contribution in [2.24, 2.45) is 0 Å². The number of benzene rings is 1. The van der Waals surface area contributed by atoms with Crippen molar-refractivity contribution in [3.05, 3.63) is 53.5 Å². The molecule has 0 fully saturated rings. The average Bonchev–Trinajstić information content (AvgIpc) is 2.48. The van der Waals surface area contributed by atoms with E-state index in [2.05, 4.69) is 27.4 Å². The number of hydrogen-bond acceptors (Lipinski definition) is 4. The fourth-order valence-electron chi connectivity index (χ4n) is 2.65. The first-order valence-electron chi connectivity index (χ1n) is 6.70. The summed E-state index contributed by atoms with van der Waals surface area (Å²) in [6.45, 7) is 0. The zero-order valence-corrected chi connectivity index (χ0v) is 11.0. The van der Waals surface area contributed by atoms with Gasteiger partial charge in [-0.05, 0) is 30.4 Å². The Bertz CT molecular complexity index is 641. The molecule has 102 valence electrons. The Kier molecular flexibility index (Phi) is 3.33. The Labute approximate surface area is 117 Å². The number of nitrogens with two attached hydrogens (primary N) is 1. The van der Waals surface area contributed by atoms with Crippen molar-refractivity contribution in [2.75, 3.05) is 5.73 Å². The van der Waals surface area contributed by atoms with Gasteiger partial charge in [0, 0.05) is 6.20 Å². The molecule has 2 aromatic rings. The Morgan fingerprint density at radius 3 is 3.05 bits per heavy atom. The molecule has 0 saturated carbocycles. The summed E-state index contributed by atoms with van der Waals surface area (Å²) < 4.78 is 0. The third-order valence-electron chi connectivity index (χ3n) is 3.66. The molecule has 5 heteroatoms. The first-order chi connectivity index (χ1) is 9.75. The second-order valence-electron chi connectivity index (χ2n) is 4.94. The lowest BCUT2D eigenvalue weighted by Gasteiger charge is -2.26. The van der Waals surface area contributed by atoms with Crippen LogP contribution in [-0.4, -0.2) is 15.9 Å². The maximum Gasteiger partial charge on any atom is 0.257 e. The summed E-state index contributed by atoms with van der Waals surface area (Å²) >= 11 is 0. The number of nitrogens with zero attached hydrogens (tertiary/aromatic N) is 2. The quantitative estimate of drug-likeness (QED) is 0.871. The lowest BCUT2D eigenvalue weighted by Crippen LogP contribution is -2.31. The summed E-state index contributed by atoms with van der Waals surface area (Å²) in [7, 11) is 0. The van der Waals surface area contributed by atoms with Gasteiger partial charge in [0.15, 0.2) is 0 Å². The molecule has 0 saturated heterocycles. The Hall–Kier alpha value is -2.43. The van der Waals surface area contributed by atoms with E-state index in [9.17, 15) is 4.79 Å². The van der Waals surface area contributed by atoms with E-state index in [4.69, 9.17) is 5.73 Å². The number of anilines is 1. The molecule has 3 N–H and O–H groups in total. The van der Waals surface area contributed by atoms with Crippen LogP contribution >= 0.6 is 0 Å². The van der Waals surface area contributed by atoms with Crippen LogP contribution in [0.4, 0.5) is 5.82 Å². The van der Waals surface area contributed by atoms with E-state index in [1.807, 2.05) is 12.1 Å². The van der Waals surface area contributed by atoms with Crippen LogP contribution in [0.15, 0.2) is 36.8 Å². The molecule has 1 aromatic carbocycles.